The molecule has 0 aliphatic heterocycles. The van der Waals surface area contributed by atoms with Crippen LogP contribution in [0, 0.1) is 0 Å². The first-order valence-corrected chi connectivity index (χ1v) is 3.92. The highest BCUT2D eigenvalue weighted by molar-refractivity contribution is 5.35. The first-order chi connectivity index (χ1) is 6.47. The Balaban J connectivity index is 3.17. The van der Waals surface area contributed by atoms with Gasteiger partial charge in [-0.1, -0.05) is 0 Å². The Kier molecular flexibility index (Phi) is 3.00. The van der Waals surface area contributed by atoms with Gasteiger partial charge < -0.3 is 10.5 Å². The SMILES string of the molecule is COc1cc(CN)cc(C(F)(F)F)c1. The third-order valence-electron chi connectivity index (χ3n) is 1.77. The fourth-order valence-electron chi connectivity index (χ4n) is 1.06. The molecule has 0 atom stereocenters. The van der Waals surface area contributed by atoms with Crippen molar-refractivity contribution in [2.45, 2.75) is 12.7 Å². The van der Waals surface area contributed by atoms with Crippen molar-refractivity contribution in [3.05, 3.63) is 29.3 Å². The standard InChI is InChI=1S/C9H10F3NO/c1-14-8-3-6(5-13)2-7(4-8)9(10,11)12/h2-4H,5,13H2,1H3. The molecule has 0 aliphatic rings. The molecule has 1 rings (SSSR count). The van der Waals surface area contributed by atoms with Crippen molar-refractivity contribution >= 4 is 0 Å². The lowest BCUT2D eigenvalue weighted by molar-refractivity contribution is -0.137. The number of benzene rings is 1. The second-order valence-electron chi connectivity index (χ2n) is 2.77. The molecule has 0 heterocycles. The van der Waals surface area contributed by atoms with Crippen molar-refractivity contribution in [3.8, 4) is 5.75 Å². The topological polar surface area (TPSA) is 35.2 Å². The number of halogens is 3. The van der Waals surface area contributed by atoms with Gasteiger partial charge in [-0.3, -0.25) is 0 Å². The predicted molar refractivity (Wildman–Crippen MR) is 45.9 cm³/mol. The van der Waals surface area contributed by atoms with Gasteiger partial charge in [-0.15, -0.1) is 0 Å². The summed E-state index contributed by atoms with van der Waals surface area (Å²) in [5, 5.41) is 0. The monoisotopic (exact) mass is 205 g/mol. The minimum atomic E-state index is -4.36. The van der Waals surface area contributed by atoms with E-state index in [0.717, 1.165) is 12.1 Å². The zero-order valence-electron chi connectivity index (χ0n) is 7.56. The highest BCUT2D eigenvalue weighted by Crippen LogP contribution is 2.32. The van der Waals surface area contributed by atoms with Crippen LogP contribution >= 0.6 is 0 Å². The molecule has 0 amide bonds. The maximum atomic E-state index is 12.3. The van der Waals surface area contributed by atoms with Crippen LogP contribution in [0.15, 0.2) is 18.2 Å². The van der Waals surface area contributed by atoms with Crippen LogP contribution < -0.4 is 10.5 Å². The van der Waals surface area contributed by atoms with Crippen molar-refractivity contribution in [3.63, 3.8) is 0 Å². The minimum absolute atomic E-state index is 0.0558. The molecule has 0 saturated heterocycles. The summed E-state index contributed by atoms with van der Waals surface area (Å²) in [6.07, 6.45) is -4.36. The van der Waals surface area contributed by atoms with Crippen LogP contribution in [0.3, 0.4) is 0 Å². The number of hydrogen-bond donors (Lipinski definition) is 1. The normalized spacial score (nSPS) is 11.5. The van der Waals surface area contributed by atoms with Crippen LogP contribution in [0.4, 0.5) is 13.2 Å². The van der Waals surface area contributed by atoms with E-state index >= 15 is 0 Å². The van der Waals surface area contributed by atoms with Gasteiger partial charge in [0.25, 0.3) is 0 Å². The summed E-state index contributed by atoms with van der Waals surface area (Å²) in [4.78, 5) is 0. The zero-order valence-corrected chi connectivity index (χ0v) is 7.56. The Bertz CT molecular complexity index is 300. The molecule has 2 nitrogen and oxygen atoms in total. The molecule has 1 aromatic rings. The van der Waals surface area contributed by atoms with Crippen LogP contribution in [0.2, 0.25) is 0 Å². The molecule has 0 radical (unpaired) electrons. The van der Waals surface area contributed by atoms with E-state index in [0.29, 0.717) is 5.56 Å². The van der Waals surface area contributed by atoms with E-state index in [4.69, 9.17) is 10.5 Å². The third kappa shape index (κ3) is 2.38. The van der Waals surface area contributed by atoms with Gasteiger partial charge in [0.1, 0.15) is 5.75 Å². The van der Waals surface area contributed by atoms with E-state index in [-0.39, 0.29) is 12.3 Å². The van der Waals surface area contributed by atoms with Gasteiger partial charge in [0.15, 0.2) is 0 Å². The lowest BCUT2D eigenvalue weighted by Gasteiger charge is -2.10. The van der Waals surface area contributed by atoms with Crippen LogP contribution in [0.1, 0.15) is 11.1 Å². The van der Waals surface area contributed by atoms with E-state index in [9.17, 15) is 13.2 Å². The van der Waals surface area contributed by atoms with Gasteiger partial charge in [0.05, 0.1) is 12.7 Å². The van der Waals surface area contributed by atoms with Gasteiger partial charge in [-0.2, -0.15) is 13.2 Å². The maximum Gasteiger partial charge on any atom is 0.416 e. The molecule has 78 valence electrons. The Hall–Kier alpha value is -1.23. The fourth-order valence-corrected chi connectivity index (χ4v) is 1.06. The molecule has 1 aromatic carbocycles. The predicted octanol–water partition coefficient (Wildman–Crippen LogP) is 2.17. The largest absolute Gasteiger partial charge is 0.497 e. The zero-order chi connectivity index (χ0) is 10.8. The van der Waals surface area contributed by atoms with E-state index < -0.39 is 11.7 Å². The molecular weight excluding hydrogens is 195 g/mol. The Labute approximate surface area is 79.5 Å². The summed E-state index contributed by atoms with van der Waals surface area (Å²) in [5.74, 6) is 0.167. The maximum absolute atomic E-state index is 12.3. The number of nitrogens with two attached hydrogens (primary N) is 1. The number of hydrogen-bond acceptors (Lipinski definition) is 2. The van der Waals surface area contributed by atoms with Gasteiger partial charge in [-0.25, -0.2) is 0 Å². The first-order valence-electron chi connectivity index (χ1n) is 3.92. The molecule has 5 heteroatoms. The molecule has 0 aromatic heterocycles. The van der Waals surface area contributed by atoms with Crippen LogP contribution in [0.25, 0.3) is 0 Å². The van der Waals surface area contributed by atoms with Crippen molar-refractivity contribution in [1.82, 2.24) is 0 Å². The average Bonchev–Trinajstić information content (AvgIpc) is 2.15. The molecule has 2 N–H and O–H groups in total. The Morgan fingerprint density at radius 3 is 2.36 bits per heavy atom. The van der Waals surface area contributed by atoms with Crippen LogP contribution in [-0.2, 0) is 12.7 Å². The fraction of sp³-hybridized carbons (Fsp3) is 0.333. The molecule has 0 spiro atoms. The second kappa shape index (κ2) is 3.88. The van der Waals surface area contributed by atoms with Crippen molar-refractivity contribution in [2.24, 2.45) is 5.73 Å². The Morgan fingerprint density at radius 1 is 1.29 bits per heavy atom. The molecule has 0 unspecified atom stereocenters. The summed E-state index contributed by atoms with van der Waals surface area (Å²) in [7, 11) is 1.32. The lowest BCUT2D eigenvalue weighted by Crippen LogP contribution is -2.07. The highest BCUT2D eigenvalue weighted by atomic mass is 19.4. The van der Waals surface area contributed by atoms with Gasteiger partial charge >= 0.3 is 6.18 Å². The van der Waals surface area contributed by atoms with Crippen molar-refractivity contribution < 1.29 is 17.9 Å². The minimum Gasteiger partial charge on any atom is -0.497 e. The van der Waals surface area contributed by atoms with Crippen LogP contribution in [-0.4, -0.2) is 7.11 Å². The number of ether oxygens (including phenoxy) is 1. The van der Waals surface area contributed by atoms with E-state index in [2.05, 4.69) is 0 Å². The van der Waals surface area contributed by atoms with Crippen molar-refractivity contribution in [2.75, 3.05) is 7.11 Å². The third-order valence-corrected chi connectivity index (χ3v) is 1.77. The van der Waals surface area contributed by atoms with E-state index in [1.807, 2.05) is 0 Å². The molecule has 0 aliphatic carbocycles. The molecule has 14 heavy (non-hydrogen) atoms. The summed E-state index contributed by atoms with van der Waals surface area (Å²) >= 11 is 0. The molecule has 0 fully saturated rings. The van der Waals surface area contributed by atoms with Gasteiger partial charge in [0, 0.05) is 6.54 Å². The second-order valence-corrected chi connectivity index (χ2v) is 2.77. The van der Waals surface area contributed by atoms with Crippen molar-refractivity contribution in [1.29, 1.82) is 0 Å². The number of methoxy groups -OCH3 is 1. The smallest absolute Gasteiger partial charge is 0.416 e. The average molecular weight is 205 g/mol. The summed E-state index contributed by atoms with van der Waals surface area (Å²) in [5.41, 5.74) is 4.92. The molecular formula is C9H10F3NO. The summed E-state index contributed by atoms with van der Waals surface area (Å²) < 4.78 is 41.7. The van der Waals surface area contributed by atoms with Gasteiger partial charge in [0.2, 0.25) is 0 Å². The number of alkyl halides is 3. The Morgan fingerprint density at radius 2 is 1.93 bits per heavy atom. The number of rotatable bonds is 2. The summed E-state index contributed by atoms with van der Waals surface area (Å²) in [6.45, 7) is 0.0558. The summed E-state index contributed by atoms with van der Waals surface area (Å²) in [6, 6.07) is 3.44. The quantitative estimate of drug-likeness (QED) is 0.803. The lowest BCUT2D eigenvalue weighted by atomic mass is 10.1. The molecule has 0 saturated carbocycles. The highest BCUT2D eigenvalue weighted by Gasteiger charge is 2.31. The van der Waals surface area contributed by atoms with Gasteiger partial charge in [-0.05, 0) is 23.8 Å². The molecule has 0 bridgehead atoms. The van der Waals surface area contributed by atoms with E-state index in [1.165, 1.54) is 13.2 Å². The first kappa shape index (κ1) is 10.8. The van der Waals surface area contributed by atoms with Crippen LogP contribution in [0.5, 0.6) is 5.75 Å². The van der Waals surface area contributed by atoms with E-state index in [1.54, 1.807) is 0 Å².